The van der Waals surface area contributed by atoms with Crippen LogP contribution in [0.15, 0.2) is 0 Å². The van der Waals surface area contributed by atoms with Crippen LogP contribution in [0.4, 0.5) is 0 Å². The third-order valence-corrected chi connectivity index (χ3v) is 4.33. The predicted octanol–water partition coefficient (Wildman–Crippen LogP) is 3.11. The first-order valence-electron chi connectivity index (χ1n) is 5.44. The van der Waals surface area contributed by atoms with Gasteiger partial charge in [-0.05, 0) is 30.6 Å². The number of hydrogen-bond donors (Lipinski definition) is 0. The first kappa shape index (κ1) is 10.8. The van der Waals surface area contributed by atoms with E-state index in [1.54, 1.807) is 11.3 Å². The van der Waals surface area contributed by atoms with E-state index in [4.69, 9.17) is 0 Å². The van der Waals surface area contributed by atoms with Gasteiger partial charge in [0.1, 0.15) is 0 Å². The molecule has 1 atom stereocenters. The molecule has 3 heteroatoms. The average molecular weight is 223 g/mol. The van der Waals surface area contributed by atoms with E-state index < -0.39 is 0 Å². The summed E-state index contributed by atoms with van der Waals surface area (Å²) in [6.07, 6.45) is 4.22. The van der Waals surface area contributed by atoms with Crippen LogP contribution in [0.1, 0.15) is 47.6 Å². The van der Waals surface area contributed by atoms with E-state index in [1.165, 1.54) is 17.0 Å². The molecule has 15 heavy (non-hydrogen) atoms. The van der Waals surface area contributed by atoms with Crippen LogP contribution in [0.5, 0.6) is 0 Å². The monoisotopic (exact) mass is 223 g/mol. The summed E-state index contributed by atoms with van der Waals surface area (Å²) in [5.41, 5.74) is 1.53. The molecule has 0 saturated heterocycles. The van der Waals surface area contributed by atoms with Crippen LogP contribution in [-0.4, -0.2) is 11.3 Å². The fourth-order valence-corrected chi connectivity index (χ4v) is 3.19. The molecule has 0 saturated carbocycles. The van der Waals surface area contributed by atoms with Gasteiger partial charge >= 0.3 is 0 Å². The van der Waals surface area contributed by atoms with E-state index in [0.29, 0.717) is 10.4 Å². The molecule has 0 aliphatic heterocycles. The molecular weight excluding hydrogens is 206 g/mol. The topological polar surface area (TPSA) is 30.0 Å². The van der Waals surface area contributed by atoms with Crippen LogP contribution in [0, 0.1) is 11.3 Å². The van der Waals surface area contributed by atoms with Crippen LogP contribution in [0.25, 0.3) is 0 Å². The zero-order valence-corrected chi connectivity index (χ0v) is 10.4. The van der Waals surface area contributed by atoms with Crippen LogP contribution in [-0.2, 0) is 12.8 Å². The van der Waals surface area contributed by atoms with E-state index >= 15 is 0 Å². The fraction of sp³-hybridized carbons (Fsp3) is 0.667. The Hall–Kier alpha value is -0.700. The predicted molar refractivity (Wildman–Crippen MR) is 62.5 cm³/mol. The quantitative estimate of drug-likeness (QED) is 0.685. The number of rotatable bonds is 1. The molecule has 2 nitrogen and oxygen atoms in total. The summed E-state index contributed by atoms with van der Waals surface area (Å²) in [6.45, 7) is 6.89. The molecule has 1 aromatic rings. The molecule has 0 radical (unpaired) electrons. The summed E-state index contributed by atoms with van der Waals surface area (Å²) in [5, 5.41) is 0.648. The van der Waals surface area contributed by atoms with Gasteiger partial charge in [-0.15, -0.1) is 11.3 Å². The van der Waals surface area contributed by atoms with Crippen molar-refractivity contribution in [1.82, 2.24) is 4.98 Å². The summed E-state index contributed by atoms with van der Waals surface area (Å²) in [5.74, 6) is 0.727. The van der Waals surface area contributed by atoms with E-state index in [9.17, 15) is 4.79 Å². The third-order valence-electron chi connectivity index (χ3n) is 3.28. The molecule has 0 bridgehead atoms. The van der Waals surface area contributed by atoms with E-state index in [2.05, 4.69) is 25.8 Å². The van der Waals surface area contributed by atoms with Gasteiger partial charge in [0.2, 0.25) is 0 Å². The number of nitrogens with zero attached hydrogens (tertiary/aromatic N) is 1. The van der Waals surface area contributed by atoms with Gasteiger partial charge in [-0.25, -0.2) is 4.98 Å². The highest BCUT2D eigenvalue weighted by molar-refractivity contribution is 7.13. The normalized spacial score (nSPS) is 21.1. The second-order valence-corrected chi connectivity index (χ2v) is 6.46. The lowest BCUT2D eigenvalue weighted by molar-refractivity contribution is 0.112. The molecule has 1 aliphatic rings. The molecule has 2 rings (SSSR count). The van der Waals surface area contributed by atoms with Gasteiger partial charge in [0.15, 0.2) is 11.3 Å². The van der Waals surface area contributed by atoms with Crippen molar-refractivity contribution in [3.8, 4) is 0 Å². The van der Waals surface area contributed by atoms with Crippen LogP contribution < -0.4 is 0 Å². The van der Waals surface area contributed by atoms with Gasteiger partial charge in [0.05, 0.1) is 5.69 Å². The SMILES string of the molecule is CC(C)(C)C1CCc2nc(C=O)sc2C1. The maximum Gasteiger partial charge on any atom is 0.178 e. The molecular formula is C12H17NOS. The fourth-order valence-electron chi connectivity index (χ4n) is 2.18. The first-order valence-corrected chi connectivity index (χ1v) is 6.26. The number of aryl methyl sites for hydroxylation is 1. The zero-order valence-electron chi connectivity index (χ0n) is 9.54. The van der Waals surface area contributed by atoms with E-state index in [-0.39, 0.29) is 0 Å². The highest BCUT2D eigenvalue weighted by Gasteiger charge is 2.30. The minimum Gasteiger partial charge on any atom is -0.295 e. The Kier molecular flexibility index (Phi) is 2.67. The van der Waals surface area contributed by atoms with Crippen molar-refractivity contribution in [2.45, 2.75) is 40.0 Å². The van der Waals surface area contributed by atoms with Crippen molar-refractivity contribution >= 4 is 17.6 Å². The van der Waals surface area contributed by atoms with Crippen molar-refractivity contribution in [3.63, 3.8) is 0 Å². The molecule has 0 amide bonds. The van der Waals surface area contributed by atoms with Gasteiger partial charge in [-0.3, -0.25) is 4.79 Å². The van der Waals surface area contributed by atoms with Gasteiger partial charge < -0.3 is 0 Å². The summed E-state index contributed by atoms with van der Waals surface area (Å²) >= 11 is 1.58. The molecule has 0 fully saturated rings. The molecule has 1 aromatic heterocycles. The number of aromatic nitrogens is 1. The van der Waals surface area contributed by atoms with Crippen LogP contribution in [0.3, 0.4) is 0 Å². The minimum atomic E-state index is 0.364. The lowest BCUT2D eigenvalue weighted by Gasteiger charge is -2.33. The Morgan fingerprint density at radius 2 is 2.20 bits per heavy atom. The smallest absolute Gasteiger partial charge is 0.178 e. The average Bonchev–Trinajstić information content (AvgIpc) is 2.57. The van der Waals surface area contributed by atoms with Gasteiger partial charge in [-0.1, -0.05) is 20.8 Å². The Morgan fingerprint density at radius 3 is 2.80 bits per heavy atom. The van der Waals surface area contributed by atoms with Crippen molar-refractivity contribution in [2.24, 2.45) is 11.3 Å². The Balaban J connectivity index is 2.23. The maximum absolute atomic E-state index is 10.7. The lowest BCUT2D eigenvalue weighted by Crippen LogP contribution is -2.26. The standard InChI is InChI=1S/C12H17NOS/c1-12(2,3)8-4-5-9-10(6-8)15-11(7-14)13-9/h7-8H,4-6H2,1-3H3. The third kappa shape index (κ3) is 2.12. The van der Waals surface area contributed by atoms with E-state index in [1.807, 2.05) is 0 Å². The number of carbonyl (C=O) groups excluding carboxylic acids is 1. The molecule has 1 aliphatic carbocycles. The van der Waals surface area contributed by atoms with E-state index in [0.717, 1.165) is 25.0 Å². The lowest BCUT2D eigenvalue weighted by atomic mass is 9.73. The Morgan fingerprint density at radius 1 is 1.47 bits per heavy atom. The minimum absolute atomic E-state index is 0.364. The molecule has 1 unspecified atom stereocenters. The highest BCUT2D eigenvalue weighted by Crippen LogP contribution is 2.38. The second kappa shape index (κ2) is 3.71. The number of aldehydes is 1. The van der Waals surface area contributed by atoms with Gasteiger partial charge in [-0.2, -0.15) is 0 Å². The number of fused-ring (bicyclic) bond motifs is 1. The number of thiazole rings is 1. The Labute approximate surface area is 94.7 Å². The van der Waals surface area contributed by atoms with Gasteiger partial charge in [0.25, 0.3) is 0 Å². The molecule has 0 spiro atoms. The summed E-state index contributed by atoms with van der Waals surface area (Å²) in [6, 6.07) is 0. The van der Waals surface area contributed by atoms with Crippen LogP contribution in [0.2, 0.25) is 0 Å². The summed E-state index contributed by atoms with van der Waals surface area (Å²) < 4.78 is 0. The number of carbonyl (C=O) groups is 1. The second-order valence-electron chi connectivity index (χ2n) is 5.35. The maximum atomic E-state index is 10.7. The van der Waals surface area contributed by atoms with Crippen molar-refractivity contribution in [1.29, 1.82) is 0 Å². The molecule has 0 aromatic carbocycles. The van der Waals surface area contributed by atoms with Gasteiger partial charge in [0, 0.05) is 4.88 Å². The summed E-state index contributed by atoms with van der Waals surface area (Å²) in [7, 11) is 0. The first-order chi connectivity index (χ1) is 7.00. The summed E-state index contributed by atoms with van der Waals surface area (Å²) in [4.78, 5) is 16.3. The van der Waals surface area contributed by atoms with Crippen molar-refractivity contribution in [2.75, 3.05) is 0 Å². The zero-order chi connectivity index (χ0) is 11.1. The van der Waals surface area contributed by atoms with Crippen molar-refractivity contribution < 1.29 is 4.79 Å². The molecule has 0 N–H and O–H groups in total. The molecule has 1 heterocycles. The highest BCUT2D eigenvalue weighted by atomic mass is 32.1. The number of hydrogen-bond acceptors (Lipinski definition) is 3. The molecule has 82 valence electrons. The van der Waals surface area contributed by atoms with Crippen molar-refractivity contribution in [3.05, 3.63) is 15.6 Å². The largest absolute Gasteiger partial charge is 0.295 e. The Bertz CT molecular complexity index is 375. The van der Waals surface area contributed by atoms with Crippen LogP contribution >= 0.6 is 11.3 Å².